The SMILES string of the molecule is CC1CNCC1CNCc1cc(Br)cs1. The van der Waals surface area contributed by atoms with Gasteiger partial charge in [-0.05, 0) is 53.5 Å². The molecule has 2 unspecified atom stereocenters. The maximum absolute atomic E-state index is 3.54. The van der Waals surface area contributed by atoms with Crippen LogP contribution in [0.15, 0.2) is 15.9 Å². The highest BCUT2D eigenvalue weighted by Gasteiger charge is 2.22. The van der Waals surface area contributed by atoms with Gasteiger partial charge in [0.15, 0.2) is 0 Å². The predicted octanol–water partition coefficient (Wildman–Crippen LogP) is 2.46. The van der Waals surface area contributed by atoms with Crippen molar-refractivity contribution in [2.45, 2.75) is 13.5 Å². The fourth-order valence-corrected chi connectivity index (χ4v) is 3.39. The highest BCUT2D eigenvalue weighted by Crippen LogP contribution is 2.20. The first-order valence-corrected chi connectivity index (χ1v) is 7.07. The van der Waals surface area contributed by atoms with Crippen molar-refractivity contribution < 1.29 is 0 Å². The van der Waals surface area contributed by atoms with Gasteiger partial charge in [-0.1, -0.05) is 6.92 Å². The summed E-state index contributed by atoms with van der Waals surface area (Å²) in [4.78, 5) is 1.40. The Kier molecular flexibility index (Phi) is 4.20. The zero-order chi connectivity index (χ0) is 10.7. The lowest BCUT2D eigenvalue weighted by molar-refractivity contribution is 0.421. The van der Waals surface area contributed by atoms with E-state index in [0.29, 0.717) is 0 Å². The maximum Gasteiger partial charge on any atom is 0.0300 e. The van der Waals surface area contributed by atoms with Gasteiger partial charge in [0.25, 0.3) is 0 Å². The van der Waals surface area contributed by atoms with Crippen LogP contribution >= 0.6 is 27.3 Å². The first-order valence-electron chi connectivity index (χ1n) is 5.40. The van der Waals surface area contributed by atoms with Gasteiger partial charge in [-0.15, -0.1) is 11.3 Å². The Bertz CT molecular complexity index is 313. The summed E-state index contributed by atoms with van der Waals surface area (Å²) in [5.74, 6) is 1.61. The second-order valence-electron chi connectivity index (χ2n) is 4.26. The standard InChI is InChI=1S/C11H17BrN2S/c1-8-3-13-4-9(8)5-14-6-11-2-10(12)7-15-11/h2,7-9,13-14H,3-6H2,1H3. The molecular formula is C11H17BrN2S. The molecule has 2 rings (SSSR count). The molecule has 0 amide bonds. The van der Waals surface area contributed by atoms with E-state index in [1.807, 2.05) is 11.3 Å². The van der Waals surface area contributed by atoms with Crippen molar-refractivity contribution in [2.24, 2.45) is 11.8 Å². The van der Waals surface area contributed by atoms with Crippen molar-refractivity contribution in [3.63, 3.8) is 0 Å². The van der Waals surface area contributed by atoms with Crippen LogP contribution in [-0.2, 0) is 6.54 Å². The quantitative estimate of drug-likeness (QED) is 0.889. The van der Waals surface area contributed by atoms with E-state index in [1.54, 1.807) is 0 Å². The average Bonchev–Trinajstić information content (AvgIpc) is 2.77. The van der Waals surface area contributed by atoms with Gasteiger partial charge in [0.2, 0.25) is 0 Å². The molecule has 1 fully saturated rings. The fraction of sp³-hybridized carbons (Fsp3) is 0.636. The van der Waals surface area contributed by atoms with Crippen LogP contribution in [0, 0.1) is 11.8 Å². The van der Waals surface area contributed by atoms with Crippen LogP contribution in [0.5, 0.6) is 0 Å². The Morgan fingerprint density at radius 2 is 2.47 bits per heavy atom. The van der Waals surface area contributed by atoms with Gasteiger partial charge in [-0.2, -0.15) is 0 Å². The lowest BCUT2D eigenvalue weighted by Gasteiger charge is -2.14. The maximum atomic E-state index is 3.54. The third-order valence-electron chi connectivity index (χ3n) is 3.01. The smallest absolute Gasteiger partial charge is 0.0300 e. The summed E-state index contributed by atoms with van der Waals surface area (Å²) in [5.41, 5.74) is 0. The van der Waals surface area contributed by atoms with E-state index in [1.165, 1.54) is 22.4 Å². The van der Waals surface area contributed by atoms with Crippen LogP contribution in [0.3, 0.4) is 0 Å². The Balaban J connectivity index is 1.70. The molecule has 0 saturated carbocycles. The summed E-state index contributed by atoms with van der Waals surface area (Å²) in [6.45, 7) is 6.80. The normalized spacial score (nSPS) is 26.0. The first-order chi connectivity index (χ1) is 7.25. The van der Waals surface area contributed by atoms with Crippen LogP contribution in [0.2, 0.25) is 0 Å². The van der Waals surface area contributed by atoms with Crippen LogP contribution in [0.4, 0.5) is 0 Å². The Labute approximate surface area is 104 Å². The van der Waals surface area contributed by atoms with Crippen LogP contribution in [0.1, 0.15) is 11.8 Å². The fourth-order valence-electron chi connectivity index (χ4n) is 1.96. The van der Waals surface area contributed by atoms with Crippen molar-refractivity contribution in [1.82, 2.24) is 10.6 Å². The molecule has 15 heavy (non-hydrogen) atoms. The van der Waals surface area contributed by atoms with Crippen molar-refractivity contribution in [3.8, 4) is 0 Å². The highest BCUT2D eigenvalue weighted by molar-refractivity contribution is 9.10. The molecule has 0 aliphatic carbocycles. The zero-order valence-corrected chi connectivity index (χ0v) is 11.3. The number of hydrogen-bond donors (Lipinski definition) is 2. The Morgan fingerprint density at radius 1 is 1.60 bits per heavy atom. The first kappa shape index (κ1) is 11.6. The van der Waals surface area contributed by atoms with Crippen molar-refractivity contribution in [3.05, 3.63) is 20.8 Å². The van der Waals surface area contributed by atoms with E-state index in [0.717, 1.165) is 24.9 Å². The summed E-state index contributed by atoms with van der Waals surface area (Å²) in [5, 5.41) is 9.10. The van der Waals surface area contributed by atoms with Gasteiger partial charge < -0.3 is 10.6 Å². The lowest BCUT2D eigenvalue weighted by Crippen LogP contribution is -2.26. The molecule has 2 atom stereocenters. The molecule has 0 spiro atoms. The van der Waals surface area contributed by atoms with E-state index in [2.05, 4.69) is 44.9 Å². The Morgan fingerprint density at radius 3 is 3.07 bits per heavy atom. The number of rotatable bonds is 4. The number of thiophene rings is 1. The van der Waals surface area contributed by atoms with E-state index < -0.39 is 0 Å². The van der Waals surface area contributed by atoms with Gasteiger partial charge in [-0.25, -0.2) is 0 Å². The van der Waals surface area contributed by atoms with Crippen molar-refractivity contribution in [2.75, 3.05) is 19.6 Å². The van der Waals surface area contributed by atoms with Crippen molar-refractivity contribution in [1.29, 1.82) is 0 Å². The van der Waals surface area contributed by atoms with Gasteiger partial charge >= 0.3 is 0 Å². The summed E-state index contributed by atoms with van der Waals surface area (Å²) < 4.78 is 1.19. The van der Waals surface area contributed by atoms with E-state index in [-0.39, 0.29) is 0 Å². The van der Waals surface area contributed by atoms with E-state index >= 15 is 0 Å². The minimum atomic E-state index is 0.799. The summed E-state index contributed by atoms with van der Waals surface area (Å²) in [6, 6.07) is 2.19. The van der Waals surface area contributed by atoms with Crippen LogP contribution in [0.25, 0.3) is 0 Å². The van der Waals surface area contributed by atoms with Crippen molar-refractivity contribution >= 4 is 27.3 Å². The van der Waals surface area contributed by atoms with Crippen LogP contribution < -0.4 is 10.6 Å². The zero-order valence-electron chi connectivity index (χ0n) is 8.92. The molecule has 2 nitrogen and oxygen atoms in total. The molecule has 1 aromatic heterocycles. The van der Waals surface area contributed by atoms with Gasteiger partial charge in [0.1, 0.15) is 0 Å². The third kappa shape index (κ3) is 3.28. The molecule has 84 valence electrons. The molecule has 1 saturated heterocycles. The molecule has 4 heteroatoms. The van der Waals surface area contributed by atoms with Gasteiger partial charge in [-0.3, -0.25) is 0 Å². The van der Waals surface area contributed by atoms with Gasteiger partial charge in [0, 0.05) is 21.3 Å². The minimum absolute atomic E-state index is 0.799. The highest BCUT2D eigenvalue weighted by atomic mass is 79.9. The number of nitrogens with one attached hydrogen (secondary N) is 2. The molecule has 0 radical (unpaired) electrons. The summed E-state index contributed by atoms with van der Waals surface area (Å²) in [6.07, 6.45) is 0. The largest absolute Gasteiger partial charge is 0.316 e. The summed E-state index contributed by atoms with van der Waals surface area (Å²) in [7, 11) is 0. The monoisotopic (exact) mass is 288 g/mol. The molecule has 2 N–H and O–H groups in total. The Hall–Kier alpha value is 0.1000. The minimum Gasteiger partial charge on any atom is -0.316 e. The molecule has 1 aromatic rings. The molecule has 2 heterocycles. The third-order valence-corrected chi connectivity index (χ3v) is 4.70. The van der Waals surface area contributed by atoms with Crippen LogP contribution in [-0.4, -0.2) is 19.6 Å². The van der Waals surface area contributed by atoms with Gasteiger partial charge in [0.05, 0.1) is 0 Å². The molecular weight excluding hydrogens is 272 g/mol. The molecule has 0 bridgehead atoms. The predicted molar refractivity (Wildman–Crippen MR) is 69.2 cm³/mol. The molecule has 0 aromatic carbocycles. The lowest BCUT2D eigenvalue weighted by atomic mass is 9.98. The average molecular weight is 289 g/mol. The number of halogens is 1. The van der Waals surface area contributed by atoms with E-state index in [4.69, 9.17) is 0 Å². The topological polar surface area (TPSA) is 24.1 Å². The summed E-state index contributed by atoms with van der Waals surface area (Å²) >= 11 is 5.28. The second kappa shape index (κ2) is 5.43. The molecule has 1 aliphatic rings. The number of hydrogen-bond acceptors (Lipinski definition) is 3. The van der Waals surface area contributed by atoms with E-state index in [9.17, 15) is 0 Å². The molecule has 1 aliphatic heterocycles. The second-order valence-corrected chi connectivity index (χ2v) is 6.17.